The summed E-state index contributed by atoms with van der Waals surface area (Å²) in [4.78, 5) is 1.69. The van der Waals surface area contributed by atoms with Gasteiger partial charge < -0.3 is 25.7 Å². The fraction of sp³-hybridized carbons (Fsp3) is 1.00. The Hall–Kier alpha value is -0.240. The topological polar surface area (TPSA) is 96.2 Å². The van der Waals surface area contributed by atoms with Crippen molar-refractivity contribution < 1.29 is 20.4 Å². The minimum Gasteiger partial charge on any atom is -0.395 e. The van der Waals surface area contributed by atoms with Crippen LogP contribution in [0.15, 0.2) is 0 Å². The summed E-state index contributed by atoms with van der Waals surface area (Å²) in [5.41, 5.74) is 0. The van der Waals surface area contributed by atoms with Gasteiger partial charge in [-0.15, -0.1) is 0 Å². The molecule has 0 saturated carbocycles. The molecule has 0 aromatic carbocycles. The first-order valence-corrected chi connectivity index (χ1v) is 5.06. The maximum atomic E-state index is 9.75. The van der Waals surface area contributed by atoms with Crippen molar-refractivity contribution in [3.05, 3.63) is 0 Å². The van der Waals surface area contributed by atoms with Crippen LogP contribution in [0.2, 0.25) is 0 Å². The molecule has 6 heteroatoms. The van der Waals surface area contributed by atoms with E-state index < -0.39 is 24.4 Å². The van der Waals surface area contributed by atoms with E-state index in [0.717, 1.165) is 0 Å². The van der Waals surface area contributed by atoms with E-state index in [2.05, 4.69) is 5.32 Å². The molecule has 1 aliphatic heterocycles. The van der Waals surface area contributed by atoms with E-state index >= 15 is 0 Å². The molecular weight excluding hydrogens is 200 g/mol. The Morgan fingerprint density at radius 2 is 1.60 bits per heavy atom. The zero-order chi connectivity index (χ0) is 11.6. The van der Waals surface area contributed by atoms with Gasteiger partial charge in [-0.3, -0.25) is 4.90 Å². The highest BCUT2D eigenvalue weighted by molar-refractivity contribution is 4.99. The van der Waals surface area contributed by atoms with Crippen LogP contribution in [0.5, 0.6) is 0 Å². The number of hydrogen-bond acceptors (Lipinski definition) is 6. The van der Waals surface area contributed by atoms with Gasteiger partial charge in [0.1, 0.15) is 12.2 Å². The Balaban J connectivity index is 2.80. The van der Waals surface area contributed by atoms with Crippen molar-refractivity contribution in [3.8, 4) is 0 Å². The Kier molecular flexibility index (Phi) is 4.45. The molecule has 5 N–H and O–H groups in total. The monoisotopic (exact) mass is 220 g/mol. The summed E-state index contributed by atoms with van der Waals surface area (Å²) in [5, 5.41) is 41.0. The third kappa shape index (κ3) is 2.30. The zero-order valence-electron chi connectivity index (χ0n) is 9.04. The van der Waals surface area contributed by atoms with Crippen LogP contribution in [0.4, 0.5) is 0 Å². The summed E-state index contributed by atoms with van der Waals surface area (Å²) in [6, 6.07) is -0.854. The van der Waals surface area contributed by atoms with Crippen LogP contribution in [0.1, 0.15) is 0 Å². The van der Waals surface area contributed by atoms with Crippen LogP contribution in [0, 0.1) is 0 Å². The summed E-state index contributed by atoms with van der Waals surface area (Å²) in [6.07, 6.45) is -3.35. The van der Waals surface area contributed by atoms with Crippen molar-refractivity contribution in [2.75, 3.05) is 27.2 Å². The van der Waals surface area contributed by atoms with Crippen molar-refractivity contribution >= 4 is 0 Å². The number of aliphatic hydroxyl groups is 4. The number of rotatable bonds is 3. The number of hydrogen-bond donors (Lipinski definition) is 5. The number of piperidine rings is 1. The molecule has 1 rings (SSSR count). The third-order valence-electron chi connectivity index (χ3n) is 3.13. The highest BCUT2D eigenvalue weighted by atomic mass is 16.4. The van der Waals surface area contributed by atoms with Crippen molar-refractivity contribution in [1.82, 2.24) is 10.2 Å². The highest BCUT2D eigenvalue weighted by Crippen LogP contribution is 2.22. The highest BCUT2D eigenvalue weighted by Gasteiger charge is 2.45. The van der Waals surface area contributed by atoms with Gasteiger partial charge in [0, 0.05) is 6.54 Å². The smallest absolute Gasteiger partial charge is 0.109 e. The van der Waals surface area contributed by atoms with Gasteiger partial charge in [-0.05, 0) is 14.1 Å². The van der Waals surface area contributed by atoms with E-state index in [0.29, 0.717) is 6.54 Å². The molecule has 0 aliphatic carbocycles. The maximum absolute atomic E-state index is 9.75. The quantitative estimate of drug-likeness (QED) is 0.347. The first kappa shape index (κ1) is 12.8. The van der Waals surface area contributed by atoms with Gasteiger partial charge in [0.2, 0.25) is 0 Å². The Bertz CT molecular complexity index is 205. The number of nitrogens with one attached hydrogen (secondary N) is 1. The Morgan fingerprint density at radius 1 is 1.07 bits per heavy atom. The zero-order valence-corrected chi connectivity index (χ0v) is 9.04. The SMILES string of the molecule is CNC[C@@H]1C(O)C(O)[C@H](O)C(CO)N1C. The normalized spacial score (nSPS) is 43.2. The van der Waals surface area contributed by atoms with Crippen LogP contribution >= 0.6 is 0 Å². The first-order valence-electron chi connectivity index (χ1n) is 5.06. The molecule has 0 radical (unpaired) electrons. The van der Waals surface area contributed by atoms with Gasteiger partial charge in [-0.2, -0.15) is 0 Å². The van der Waals surface area contributed by atoms with E-state index in [9.17, 15) is 15.3 Å². The van der Waals surface area contributed by atoms with Crippen LogP contribution in [-0.4, -0.2) is 83.0 Å². The Labute approximate surface area is 89.1 Å². The second-order valence-electron chi connectivity index (χ2n) is 4.01. The van der Waals surface area contributed by atoms with Gasteiger partial charge in [0.15, 0.2) is 0 Å². The van der Waals surface area contributed by atoms with E-state index in [-0.39, 0.29) is 12.6 Å². The summed E-state index contributed by atoms with van der Waals surface area (Å²) >= 11 is 0. The molecule has 1 aliphatic rings. The summed E-state index contributed by atoms with van der Waals surface area (Å²) < 4.78 is 0. The molecule has 0 spiro atoms. The molecule has 1 heterocycles. The summed E-state index contributed by atoms with van der Waals surface area (Å²) in [6.45, 7) is 0.236. The third-order valence-corrected chi connectivity index (χ3v) is 3.13. The maximum Gasteiger partial charge on any atom is 0.109 e. The van der Waals surface area contributed by atoms with Crippen LogP contribution < -0.4 is 5.32 Å². The van der Waals surface area contributed by atoms with E-state index in [1.54, 1.807) is 19.0 Å². The minimum atomic E-state index is -1.21. The molecule has 0 aromatic rings. The molecule has 0 bridgehead atoms. The lowest BCUT2D eigenvalue weighted by Crippen LogP contribution is -2.67. The lowest BCUT2D eigenvalue weighted by Gasteiger charge is -2.47. The van der Waals surface area contributed by atoms with Gasteiger partial charge >= 0.3 is 0 Å². The molecule has 1 fully saturated rings. The first-order chi connectivity index (χ1) is 7.04. The standard InChI is InChI=1S/C9H20N2O4/c1-10-3-5-7(13)9(15)8(14)6(4-12)11(5)2/h5-10,12-15H,3-4H2,1-2H3/t5-,6?,7?,8-,9?/m1/s1. The molecule has 5 atom stereocenters. The number of aliphatic hydroxyl groups excluding tert-OH is 4. The van der Waals surface area contributed by atoms with E-state index in [1.165, 1.54) is 0 Å². The van der Waals surface area contributed by atoms with Crippen LogP contribution in [0.3, 0.4) is 0 Å². The van der Waals surface area contributed by atoms with Crippen molar-refractivity contribution in [1.29, 1.82) is 0 Å². The van der Waals surface area contributed by atoms with Gasteiger partial charge in [-0.25, -0.2) is 0 Å². The van der Waals surface area contributed by atoms with Crippen LogP contribution in [-0.2, 0) is 0 Å². The molecule has 3 unspecified atom stereocenters. The Morgan fingerprint density at radius 3 is 2.07 bits per heavy atom. The molecule has 15 heavy (non-hydrogen) atoms. The lowest BCUT2D eigenvalue weighted by molar-refractivity contribution is -0.163. The van der Waals surface area contributed by atoms with Crippen molar-refractivity contribution in [2.45, 2.75) is 30.4 Å². The number of nitrogens with zero attached hydrogens (tertiary/aromatic N) is 1. The lowest BCUT2D eigenvalue weighted by atomic mass is 9.88. The van der Waals surface area contributed by atoms with Gasteiger partial charge in [0.05, 0.1) is 24.8 Å². The molecule has 0 aromatic heterocycles. The van der Waals surface area contributed by atoms with Gasteiger partial charge in [-0.1, -0.05) is 0 Å². The molecular formula is C9H20N2O4. The van der Waals surface area contributed by atoms with E-state index in [1.807, 2.05) is 0 Å². The van der Waals surface area contributed by atoms with Gasteiger partial charge in [0.25, 0.3) is 0 Å². The van der Waals surface area contributed by atoms with Crippen molar-refractivity contribution in [3.63, 3.8) is 0 Å². The second-order valence-corrected chi connectivity index (χ2v) is 4.01. The molecule has 90 valence electrons. The fourth-order valence-corrected chi connectivity index (χ4v) is 2.10. The molecule has 0 amide bonds. The minimum absolute atomic E-state index is 0.248. The number of likely N-dealkylation sites (tertiary alicyclic amines) is 1. The van der Waals surface area contributed by atoms with Crippen LogP contribution in [0.25, 0.3) is 0 Å². The predicted octanol–water partition coefficient (Wildman–Crippen LogP) is -3.04. The predicted molar refractivity (Wildman–Crippen MR) is 54.4 cm³/mol. The summed E-state index contributed by atoms with van der Waals surface area (Å²) in [7, 11) is 3.45. The fourth-order valence-electron chi connectivity index (χ4n) is 2.10. The largest absolute Gasteiger partial charge is 0.395 e. The summed E-state index contributed by atoms with van der Waals surface area (Å²) in [5.74, 6) is 0. The molecule has 1 saturated heterocycles. The van der Waals surface area contributed by atoms with E-state index in [4.69, 9.17) is 5.11 Å². The molecule has 6 nitrogen and oxygen atoms in total. The second kappa shape index (κ2) is 5.20. The average molecular weight is 220 g/mol. The van der Waals surface area contributed by atoms with Crippen molar-refractivity contribution in [2.24, 2.45) is 0 Å². The average Bonchev–Trinajstić information content (AvgIpc) is 2.22. The number of likely N-dealkylation sites (N-methyl/N-ethyl adjacent to an activating group) is 2.